The Labute approximate surface area is 289 Å². The Kier molecular flexibility index (Phi) is 9.00. The Hall–Kier alpha value is -5.30. The molecule has 0 bridgehead atoms. The number of nitrogens with zero attached hydrogens (tertiary/aromatic N) is 6. The van der Waals surface area contributed by atoms with Gasteiger partial charge in [-0.3, -0.25) is 24.1 Å². The van der Waals surface area contributed by atoms with Crippen molar-refractivity contribution in [3.63, 3.8) is 0 Å². The van der Waals surface area contributed by atoms with Crippen molar-refractivity contribution < 1.29 is 23.9 Å². The lowest BCUT2D eigenvalue weighted by atomic mass is 9.98. The highest BCUT2D eigenvalue weighted by atomic mass is 16.5. The maximum Gasteiger partial charge on any atom is 0.302 e. The zero-order valence-corrected chi connectivity index (χ0v) is 28.8. The standard InChI is InChI=1S/C37H41N7O6/c1-22-19-49-20-23(2)44(22)35(46)26-9-10-33(39-17-26)40-30-15-27(18-41(4)36(30)47)28-11-12-38-34(29(28)21-50-24(3)45)43-14-13-42-31-8-6-5-7-25(31)16-32(42)37(43)48/h9-12,15-18,22-23H,5-8,13-14,19-21H2,1-4H3,(H,39,40). The summed E-state index contributed by atoms with van der Waals surface area (Å²) in [7, 11) is 1.65. The summed E-state index contributed by atoms with van der Waals surface area (Å²) in [6.45, 7) is 7.16. The number of fused-ring (bicyclic) bond motifs is 3. The summed E-state index contributed by atoms with van der Waals surface area (Å²) in [4.78, 5) is 65.2. The molecule has 2 unspecified atom stereocenters. The van der Waals surface area contributed by atoms with Crippen LogP contribution in [-0.4, -0.2) is 73.6 Å². The number of aromatic nitrogens is 4. The van der Waals surface area contributed by atoms with E-state index in [1.54, 1.807) is 48.6 Å². The molecule has 7 rings (SSSR count). The third kappa shape index (κ3) is 6.17. The fourth-order valence-corrected chi connectivity index (χ4v) is 7.37. The fraction of sp³-hybridized carbons (Fsp3) is 0.405. The molecule has 2 amide bonds. The van der Waals surface area contributed by atoms with Gasteiger partial charge in [0.25, 0.3) is 17.4 Å². The molecule has 1 fully saturated rings. The maximum absolute atomic E-state index is 14.0. The van der Waals surface area contributed by atoms with Crippen LogP contribution >= 0.6 is 0 Å². The van der Waals surface area contributed by atoms with Gasteiger partial charge in [-0.05, 0) is 81.0 Å². The first kappa shape index (κ1) is 33.2. The molecule has 2 aliphatic heterocycles. The molecular weight excluding hydrogens is 638 g/mol. The van der Waals surface area contributed by atoms with Gasteiger partial charge in [0.05, 0.1) is 30.9 Å². The average molecular weight is 680 g/mol. The van der Waals surface area contributed by atoms with Gasteiger partial charge in [0.15, 0.2) is 0 Å². The first-order chi connectivity index (χ1) is 24.1. The monoisotopic (exact) mass is 679 g/mol. The van der Waals surface area contributed by atoms with Crippen LogP contribution in [0.15, 0.2) is 53.7 Å². The summed E-state index contributed by atoms with van der Waals surface area (Å²) in [6, 6.07) is 8.75. The van der Waals surface area contributed by atoms with Crippen LogP contribution in [0.1, 0.15) is 71.3 Å². The molecule has 0 saturated carbocycles. The van der Waals surface area contributed by atoms with E-state index in [0.717, 1.165) is 25.7 Å². The number of morpholine rings is 1. The zero-order valence-electron chi connectivity index (χ0n) is 28.8. The summed E-state index contributed by atoms with van der Waals surface area (Å²) >= 11 is 0. The van der Waals surface area contributed by atoms with Crippen LogP contribution in [0, 0.1) is 0 Å². The van der Waals surface area contributed by atoms with E-state index in [9.17, 15) is 19.2 Å². The van der Waals surface area contributed by atoms with Gasteiger partial charge >= 0.3 is 5.97 Å². The second kappa shape index (κ2) is 13.5. The summed E-state index contributed by atoms with van der Waals surface area (Å²) in [5.41, 5.74) is 5.40. The van der Waals surface area contributed by atoms with Crippen molar-refractivity contribution in [3.05, 3.63) is 87.4 Å². The van der Waals surface area contributed by atoms with Crippen LogP contribution in [0.3, 0.4) is 0 Å². The first-order valence-corrected chi connectivity index (χ1v) is 17.1. The van der Waals surface area contributed by atoms with Gasteiger partial charge in [-0.1, -0.05) is 0 Å². The van der Waals surface area contributed by atoms with Crippen LogP contribution in [0.5, 0.6) is 0 Å². The number of amides is 2. The number of carbonyl (C=O) groups is 3. The third-order valence-corrected chi connectivity index (χ3v) is 9.80. The minimum Gasteiger partial charge on any atom is -0.461 e. The molecule has 1 aliphatic carbocycles. The Morgan fingerprint density at radius 2 is 1.80 bits per heavy atom. The number of anilines is 3. The molecule has 6 heterocycles. The molecule has 2 atom stereocenters. The maximum atomic E-state index is 14.0. The smallest absolute Gasteiger partial charge is 0.302 e. The molecule has 13 nitrogen and oxygen atoms in total. The molecule has 260 valence electrons. The highest BCUT2D eigenvalue weighted by Gasteiger charge is 2.33. The summed E-state index contributed by atoms with van der Waals surface area (Å²) in [5.74, 6) is 0.0600. The number of aryl methyl sites for hydroxylation is 2. The van der Waals surface area contributed by atoms with E-state index in [4.69, 9.17) is 9.47 Å². The number of hydrogen-bond acceptors (Lipinski definition) is 9. The Bertz CT molecular complexity index is 2020. The van der Waals surface area contributed by atoms with Crippen molar-refractivity contribution in [2.75, 3.05) is 30.0 Å². The van der Waals surface area contributed by atoms with Crippen LogP contribution in [0.25, 0.3) is 11.1 Å². The van der Waals surface area contributed by atoms with E-state index in [2.05, 4.69) is 19.9 Å². The van der Waals surface area contributed by atoms with E-state index >= 15 is 0 Å². The van der Waals surface area contributed by atoms with Crippen LogP contribution in [0.2, 0.25) is 0 Å². The molecule has 4 aromatic heterocycles. The van der Waals surface area contributed by atoms with Gasteiger partial charge < -0.3 is 28.8 Å². The number of nitrogens with one attached hydrogen (secondary N) is 1. The minimum atomic E-state index is -0.467. The third-order valence-electron chi connectivity index (χ3n) is 9.80. The van der Waals surface area contributed by atoms with E-state index in [1.807, 2.05) is 24.8 Å². The molecular formula is C37H41N7O6. The summed E-state index contributed by atoms with van der Waals surface area (Å²) in [5, 5.41) is 3.12. The molecule has 0 aromatic carbocycles. The van der Waals surface area contributed by atoms with Crippen LogP contribution in [-0.2, 0) is 47.3 Å². The lowest BCUT2D eigenvalue weighted by molar-refractivity contribution is -0.142. The van der Waals surface area contributed by atoms with Crippen molar-refractivity contribution in [1.82, 2.24) is 24.0 Å². The highest BCUT2D eigenvalue weighted by Crippen LogP contribution is 2.35. The summed E-state index contributed by atoms with van der Waals surface area (Å²) in [6.07, 6.45) is 9.01. The van der Waals surface area contributed by atoms with Crippen molar-refractivity contribution in [2.45, 2.75) is 71.7 Å². The van der Waals surface area contributed by atoms with Crippen molar-refractivity contribution in [1.29, 1.82) is 0 Å². The SMILES string of the molecule is CC(=O)OCc1c(-c2cc(Nc3ccc(C(=O)N4C(C)COCC4C)cn3)c(=O)n(C)c2)ccnc1N1CCn2c(cc3c2CCCC3)C1=O. The van der Waals surface area contributed by atoms with Crippen molar-refractivity contribution in [3.8, 4) is 11.1 Å². The van der Waals surface area contributed by atoms with Gasteiger partial charge in [0.1, 0.15) is 29.6 Å². The molecule has 0 spiro atoms. The van der Waals surface area contributed by atoms with Gasteiger partial charge in [0, 0.05) is 62.5 Å². The van der Waals surface area contributed by atoms with Crippen LogP contribution < -0.4 is 15.8 Å². The average Bonchev–Trinajstić information content (AvgIpc) is 3.49. The Morgan fingerprint density at radius 1 is 1.02 bits per heavy atom. The Morgan fingerprint density at radius 3 is 2.54 bits per heavy atom. The van der Waals surface area contributed by atoms with Gasteiger partial charge in [-0.2, -0.15) is 0 Å². The quantitative estimate of drug-likeness (QED) is 0.284. The van der Waals surface area contributed by atoms with Gasteiger partial charge in [0.2, 0.25) is 0 Å². The first-order valence-electron chi connectivity index (χ1n) is 17.1. The fourth-order valence-electron chi connectivity index (χ4n) is 7.37. The second-order valence-corrected chi connectivity index (χ2v) is 13.3. The molecule has 1 N–H and O–H groups in total. The van der Waals surface area contributed by atoms with Crippen molar-refractivity contribution >= 4 is 35.1 Å². The number of carbonyl (C=O) groups excluding carboxylic acids is 3. The number of esters is 1. The Balaban J connectivity index is 1.20. The van der Waals surface area contributed by atoms with E-state index in [0.29, 0.717) is 65.9 Å². The van der Waals surface area contributed by atoms with Gasteiger partial charge in [-0.25, -0.2) is 9.97 Å². The molecule has 3 aliphatic rings. The zero-order chi connectivity index (χ0) is 35.1. The molecule has 50 heavy (non-hydrogen) atoms. The molecule has 13 heteroatoms. The van der Waals surface area contributed by atoms with Gasteiger partial charge in [-0.15, -0.1) is 0 Å². The van der Waals surface area contributed by atoms with E-state index in [-0.39, 0.29) is 41.8 Å². The number of rotatable bonds is 7. The second-order valence-electron chi connectivity index (χ2n) is 13.3. The van der Waals surface area contributed by atoms with E-state index < -0.39 is 5.97 Å². The predicted octanol–water partition coefficient (Wildman–Crippen LogP) is 4.24. The largest absolute Gasteiger partial charge is 0.461 e. The normalized spacial score (nSPS) is 18.8. The van der Waals surface area contributed by atoms with Crippen molar-refractivity contribution in [2.24, 2.45) is 7.05 Å². The molecule has 4 aromatic rings. The predicted molar refractivity (Wildman–Crippen MR) is 187 cm³/mol. The lowest BCUT2D eigenvalue weighted by Crippen LogP contribution is -2.52. The van der Waals surface area contributed by atoms with E-state index in [1.165, 1.54) is 28.9 Å². The molecule has 0 radical (unpaired) electrons. The number of pyridine rings is 3. The molecule has 1 saturated heterocycles. The highest BCUT2D eigenvalue weighted by molar-refractivity contribution is 6.06. The lowest BCUT2D eigenvalue weighted by Gasteiger charge is -2.38. The number of hydrogen-bond donors (Lipinski definition) is 1. The number of ether oxygens (including phenoxy) is 2. The van der Waals surface area contributed by atoms with Crippen LogP contribution in [0.4, 0.5) is 17.3 Å². The topological polar surface area (TPSA) is 141 Å². The minimum absolute atomic E-state index is 0.0564. The summed E-state index contributed by atoms with van der Waals surface area (Å²) < 4.78 is 14.7.